The molecule has 0 aliphatic heterocycles. The van der Waals surface area contributed by atoms with Crippen LogP contribution in [0.25, 0.3) is 10.2 Å². The summed E-state index contributed by atoms with van der Waals surface area (Å²) in [7, 11) is 4.05. The molecule has 0 aliphatic rings. The van der Waals surface area contributed by atoms with Crippen molar-refractivity contribution in [2.75, 3.05) is 51.4 Å². The highest BCUT2D eigenvalue weighted by atomic mass is 32.1. The summed E-state index contributed by atoms with van der Waals surface area (Å²) in [6.07, 6.45) is 0. The molecule has 2 aromatic rings. The summed E-state index contributed by atoms with van der Waals surface area (Å²) < 4.78 is 5.51. The number of rotatable bonds is 7. The van der Waals surface area contributed by atoms with Crippen molar-refractivity contribution in [3.8, 4) is 0 Å². The van der Waals surface area contributed by atoms with E-state index in [1.165, 1.54) is 0 Å². The first-order valence-electron chi connectivity index (χ1n) is 6.14. The van der Waals surface area contributed by atoms with E-state index in [4.69, 9.17) is 10.5 Å². The lowest BCUT2D eigenvalue weighted by Gasteiger charge is -2.11. The van der Waals surface area contributed by atoms with Crippen molar-refractivity contribution in [1.29, 1.82) is 0 Å². The molecular weight excluding hydrogens is 262 g/mol. The van der Waals surface area contributed by atoms with Crippen LogP contribution in [-0.4, -0.2) is 55.3 Å². The summed E-state index contributed by atoms with van der Waals surface area (Å²) in [6, 6.07) is 1.99. The van der Waals surface area contributed by atoms with Crippen molar-refractivity contribution in [3.05, 3.63) is 11.4 Å². The number of nitrogens with zero attached hydrogens (tertiary/aromatic N) is 3. The highest BCUT2D eigenvalue weighted by molar-refractivity contribution is 7.16. The Labute approximate surface area is 116 Å². The first kappa shape index (κ1) is 14.0. The van der Waals surface area contributed by atoms with Gasteiger partial charge in [0, 0.05) is 13.1 Å². The Bertz CT molecular complexity index is 528. The smallest absolute Gasteiger partial charge is 0.223 e. The predicted molar refractivity (Wildman–Crippen MR) is 79.7 cm³/mol. The lowest BCUT2D eigenvalue weighted by molar-refractivity contribution is 0.126. The van der Waals surface area contributed by atoms with Gasteiger partial charge in [0.05, 0.1) is 18.6 Å². The lowest BCUT2D eigenvalue weighted by Crippen LogP contribution is -2.20. The van der Waals surface area contributed by atoms with Gasteiger partial charge in [0.2, 0.25) is 5.95 Å². The van der Waals surface area contributed by atoms with Gasteiger partial charge in [-0.2, -0.15) is 4.98 Å². The molecule has 0 unspecified atom stereocenters. The standard InChI is InChI=1S/C12H19N5OS/c1-17(2)5-7-18-6-4-14-10-9-3-8-19-11(9)16-12(13)15-10/h3,8H,4-7H2,1-2H3,(H3,13,14,15,16). The van der Waals surface area contributed by atoms with Gasteiger partial charge >= 0.3 is 0 Å². The number of ether oxygens (including phenoxy) is 1. The molecule has 2 aromatic heterocycles. The van der Waals surface area contributed by atoms with E-state index >= 15 is 0 Å². The number of aromatic nitrogens is 2. The zero-order valence-electron chi connectivity index (χ0n) is 11.2. The fourth-order valence-electron chi connectivity index (χ4n) is 1.60. The van der Waals surface area contributed by atoms with Gasteiger partial charge in [-0.3, -0.25) is 0 Å². The van der Waals surface area contributed by atoms with Crippen molar-refractivity contribution >= 4 is 33.3 Å². The van der Waals surface area contributed by atoms with Crippen LogP contribution in [0.2, 0.25) is 0 Å². The number of fused-ring (bicyclic) bond motifs is 1. The average Bonchev–Trinajstić information content (AvgIpc) is 2.80. The number of nitrogens with one attached hydrogen (secondary N) is 1. The number of nitrogen functional groups attached to an aromatic ring is 1. The van der Waals surface area contributed by atoms with E-state index in [0.29, 0.717) is 19.1 Å². The Morgan fingerprint density at radius 2 is 2.21 bits per heavy atom. The fourth-order valence-corrected chi connectivity index (χ4v) is 2.37. The van der Waals surface area contributed by atoms with Gasteiger partial charge in [-0.05, 0) is 25.5 Å². The summed E-state index contributed by atoms with van der Waals surface area (Å²) in [5.41, 5.74) is 5.68. The minimum atomic E-state index is 0.297. The van der Waals surface area contributed by atoms with E-state index in [2.05, 4.69) is 20.2 Å². The summed E-state index contributed by atoms with van der Waals surface area (Å²) >= 11 is 1.56. The molecule has 2 heterocycles. The Morgan fingerprint density at radius 1 is 1.37 bits per heavy atom. The molecule has 19 heavy (non-hydrogen) atoms. The quantitative estimate of drug-likeness (QED) is 0.744. The maximum atomic E-state index is 5.68. The van der Waals surface area contributed by atoms with Crippen LogP contribution in [0.15, 0.2) is 11.4 Å². The van der Waals surface area contributed by atoms with Crippen LogP contribution in [0.3, 0.4) is 0 Å². The first-order chi connectivity index (χ1) is 9.16. The molecule has 0 saturated heterocycles. The van der Waals surface area contributed by atoms with Crippen LogP contribution < -0.4 is 11.1 Å². The Morgan fingerprint density at radius 3 is 3.00 bits per heavy atom. The Kier molecular flexibility index (Phi) is 4.89. The normalized spacial score (nSPS) is 11.3. The first-order valence-corrected chi connectivity index (χ1v) is 7.02. The van der Waals surface area contributed by atoms with Gasteiger partial charge in [0.25, 0.3) is 0 Å². The van der Waals surface area contributed by atoms with Crippen molar-refractivity contribution in [2.45, 2.75) is 0 Å². The molecule has 6 nitrogen and oxygen atoms in total. The second kappa shape index (κ2) is 6.65. The van der Waals surface area contributed by atoms with E-state index in [1.54, 1.807) is 11.3 Å². The monoisotopic (exact) mass is 281 g/mol. The maximum Gasteiger partial charge on any atom is 0.223 e. The van der Waals surface area contributed by atoms with Crippen LogP contribution in [0.1, 0.15) is 0 Å². The Balaban J connectivity index is 1.83. The van der Waals surface area contributed by atoms with E-state index in [9.17, 15) is 0 Å². The topological polar surface area (TPSA) is 76.3 Å². The highest BCUT2D eigenvalue weighted by Gasteiger charge is 2.06. The van der Waals surface area contributed by atoms with E-state index in [0.717, 1.165) is 29.2 Å². The molecule has 0 spiro atoms. The van der Waals surface area contributed by atoms with Crippen LogP contribution in [0.4, 0.5) is 11.8 Å². The van der Waals surface area contributed by atoms with E-state index in [-0.39, 0.29) is 0 Å². The number of thiophene rings is 1. The van der Waals surface area contributed by atoms with Gasteiger partial charge in [0.1, 0.15) is 10.6 Å². The van der Waals surface area contributed by atoms with E-state index in [1.807, 2.05) is 25.5 Å². The number of nitrogens with two attached hydrogens (primary N) is 1. The van der Waals surface area contributed by atoms with Crippen molar-refractivity contribution in [3.63, 3.8) is 0 Å². The van der Waals surface area contributed by atoms with Gasteiger partial charge < -0.3 is 20.7 Å². The zero-order valence-corrected chi connectivity index (χ0v) is 12.0. The number of likely N-dealkylation sites (N-methyl/N-ethyl adjacent to an activating group) is 1. The molecular formula is C12H19N5OS. The van der Waals surface area contributed by atoms with Crippen molar-refractivity contribution in [2.24, 2.45) is 0 Å². The molecule has 0 fully saturated rings. The summed E-state index contributed by atoms with van der Waals surface area (Å²) in [6.45, 7) is 3.00. The number of hydrogen-bond donors (Lipinski definition) is 2. The molecule has 0 atom stereocenters. The van der Waals surface area contributed by atoms with Crippen LogP contribution in [0.5, 0.6) is 0 Å². The molecule has 0 bridgehead atoms. The molecule has 2 rings (SSSR count). The summed E-state index contributed by atoms with van der Waals surface area (Å²) in [5.74, 6) is 1.07. The second-order valence-electron chi connectivity index (χ2n) is 4.41. The molecule has 0 saturated carbocycles. The van der Waals surface area contributed by atoms with Gasteiger partial charge in [-0.15, -0.1) is 11.3 Å². The van der Waals surface area contributed by atoms with E-state index < -0.39 is 0 Å². The third kappa shape index (κ3) is 4.02. The Hall–Kier alpha value is -1.44. The highest BCUT2D eigenvalue weighted by Crippen LogP contribution is 2.25. The second-order valence-corrected chi connectivity index (χ2v) is 5.31. The predicted octanol–water partition coefficient (Wildman–Crippen LogP) is 1.26. The lowest BCUT2D eigenvalue weighted by atomic mass is 10.4. The average molecular weight is 281 g/mol. The molecule has 7 heteroatoms. The number of anilines is 2. The third-order valence-corrected chi connectivity index (χ3v) is 3.37. The van der Waals surface area contributed by atoms with Crippen LogP contribution in [-0.2, 0) is 4.74 Å². The maximum absolute atomic E-state index is 5.68. The molecule has 0 aromatic carbocycles. The molecule has 104 valence electrons. The molecule has 0 aliphatic carbocycles. The minimum Gasteiger partial charge on any atom is -0.378 e. The minimum absolute atomic E-state index is 0.297. The molecule has 3 N–H and O–H groups in total. The van der Waals surface area contributed by atoms with Crippen LogP contribution >= 0.6 is 11.3 Å². The van der Waals surface area contributed by atoms with Gasteiger partial charge in [-0.1, -0.05) is 0 Å². The van der Waals surface area contributed by atoms with Crippen molar-refractivity contribution < 1.29 is 4.74 Å². The summed E-state index contributed by atoms with van der Waals surface area (Å²) in [4.78, 5) is 11.4. The van der Waals surface area contributed by atoms with Gasteiger partial charge in [-0.25, -0.2) is 4.98 Å². The summed E-state index contributed by atoms with van der Waals surface area (Å²) in [5, 5.41) is 6.23. The zero-order chi connectivity index (χ0) is 13.7. The fraction of sp³-hybridized carbons (Fsp3) is 0.500. The number of hydrogen-bond acceptors (Lipinski definition) is 7. The SMILES string of the molecule is CN(C)CCOCCNc1nc(N)nc2sccc12. The van der Waals surface area contributed by atoms with Crippen LogP contribution in [0, 0.1) is 0 Å². The molecule has 0 amide bonds. The largest absolute Gasteiger partial charge is 0.378 e. The van der Waals surface area contributed by atoms with Crippen molar-refractivity contribution in [1.82, 2.24) is 14.9 Å². The third-order valence-electron chi connectivity index (χ3n) is 2.56. The van der Waals surface area contributed by atoms with Gasteiger partial charge in [0.15, 0.2) is 0 Å². The molecule has 0 radical (unpaired) electrons.